The number of phenolic OH excluding ortho intramolecular Hbond substituents is 2. The van der Waals surface area contributed by atoms with E-state index in [9.17, 15) is 19.8 Å². The number of carbonyl (C=O) groups excluding carboxylic acids is 1. The molecule has 34 heavy (non-hydrogen) atoms. The summed E-state index contributed by atoms with van der Waals surface area (Å²) in [6.07, 6.45) is -0.00941. The fourth-order valence-electron chi connectivity index (χ4n) is 4.36. The van der Waals surface area contributed by atoms with Gasteiger partial charge in [0.15, 0.2) is 16.9 Å². The fraction of sp³-hybridized carbons (Fsp3) is 0.154. The van der Waals surface area contributed by atoms with E-state index in [0.717, 1.165) is 0 Å². The second-order valence-electron chi connectivity index (χ2n) is 7.85. The van der Waals surface area contributed by atoms with Crippen molar-refractivity contribution in [3.63, 3.8) is 0 Å². The van der Waals surface area contributed by atoms with E-state index < -0.39 is 17.3 Å². The van der Waals surface area contributed by atoms with Crippen molar-refractivity contribution in [2.75, 3.05) is 14.2 Å². The lowest BCUT2D eigenvalue weighted by atomic mass is 9.84. The highest BCUT2D eigenvalue weighted by Gasteiger charge is 2.35. The number of methoxy groups -OCH3 is 2. The molecule has 5 rings (SSSR count). The number of hydrogen-bond acceptors (Lipinski definition) is 8. The van der Waals surface area contributed by atoms with Gasteiger partial charge in [-0.25, -0.2) is 0 Å². The molecule has 3 aromatic carbocycles. The zero-order valence-corrected chi connectivity index (χ0v) is 18.3. The van der Waals surface area contributed by atoms with Crippen molar-refractivity contribution in [3.8, 4) is 40.1 Å². The van der Waals surface area contributed by atoms with Gasteiger partial charge in [-0.3, -0.25) is 9.59 Å². The first-order chi connectivity index (χ1) is 16.4. The molecule has 0 fully saturated rings. The topological polar surface area (TPSA) is 115 Å². The van der Waals surface area contributed by atoms with E-state index in [1.807, 2.05) is 18.2 Å². The standard InChI is InChI=1S/C26H20O8/c1-31-19-6-4-3-5-14(19)15-10-23(30)33-22-12-18(29)25-17(28)11-21(34-26(25)24(15)22)13-7-8-20(32-2)16(27)9-13/h3-9,11-12,15,27,29H,10H2,1-2H3/t15-/m0/s1. The number of esters is 1. The van der Waals surface area contributed by atoms with Crippen LogP contribution in [0.5, 0.6) is 28.7 Å². The van der Waals surface area contributed by atoms with Crippen LogP contribution in [0.25, 0.3) is 22.3 Å². The first-order valence-corrected chi connectivity index (χ1v) is 10.5. The van der Waals surface area contributed by atoms with Gasteiger partial charge in [0.05, 0.1) is 20.6 Å². The Balaban J connectivity index is 1.81. The van der Waals surface area contributed by atoms with Crippen LogP contribution in [-0.4, -0.2) is 30.4 Å². The van der Waals surface area contributed by atoms with Crippen molar-refractivity contribution in [1.82, 2.24) is 0 Å². The van der Waals surface area contributed by atoms with E-state index in [1.54, 1.807) is 18.2 Å². The third-order valence-electron chi connectivity index (χ3n) is 5.90. The average molecular weight is 460 g/mol. The van der Waals surface area contributed by atoms with E-state index in [0.29, 0.717) is 22.4 Å². The maximum atomic E-state index is 13.1. The molecule has 8 heteroatoms. The molecule has 2 heterocycles. The SMILES string of the molecule is COc1ccc(-c2cc(=O)c3c(O)cc4c(c3o2)[C@H](c2ccccc2OC)CC(=O)O4)cc1O. The number of benzene rings is 3. The van der Waals surface area contributed by atoms with Crippen LogP contribution >= 0.6 is 0 Å². The molecule has 1 aliphatic heterocycles. The molecular weight excluding hydrogens is 440 g/mol. The quantitative estimate of drug-likeness (QED) is 0.342. The number of carbonyl (C=O) groups is 1. The van der Waals surface area contributed by atoms with E-state index in [-0.39, 0.29) is 46.1 Å². The summed E-state index contributed by atoms with van der Waals surface area (Å²) in [4.78, 5) is 25.5. The first-order valence-electron chi connectivity index (χ1n) is 10.5. The van der Waals surface area contributed by atoms with Crippen molar-refractivity contribution in [3.05, 3.63) is 75.9 Å². The van der Waals surface area contributed by atoms with Crippen LogP contribution in [-0.2, 0) is 4.79 Å². The highest BCUT2D eigenvalue weighted by Crippen LogP contribution is 2.47. The molecule has 2 N–H and O–H groups in total. The molecule has 8 nitrogen and oxygen atoms in total. The number of rotatable bonds is 4. The predicted molar refractivity (Wildman–Crippen MR) is 123 cm³/mol. The van der Waals surface area contributed by atoms with Gasteiger partial charge in [-0.05, 0) is 24.3 Å². The van der Waals surface area contributed by atoms with Crippen LogP contribution in [0.2, 0.25) is 0 Å². The molecule has 0 radical (unpaired) electrons. The number of para-hydroxylation sites is 1. The number of ether oxygens (including phenoxy) is 3. The smallest absolute Gasteiger partial charge is 0.312 e. The highest BCUT2D eigenvalue weighted by molar-refractivity contribution is 5.93. The minimum Gasteiger partial charge on any atom is -0.507 e. The van der Waals surface area contributed by atoms with Crippen molar-refractivity contribution in [1.29, 1.82) is 0 Å². The zero-order valence-electron chi connectivity index (χ0n) is 18.3. The van der Waals surface area contributed by atoms with Crippen LogP contribution < -0.4 is 19.6 Å². The molecule has 0 amide bonds. The van der Waals surface area contributed by atoms with Crippen LogP contribution in [0.1, 0.15) is 23.5 Å². The van der Waals surface area contributed by atoms with Gasteiger partial charge in [-0.1, -0.05) is 18.2 Å². The lowest BCUT2D eigenvalue weighted by Gasteiger charge is -2.27. The Morgan fingerprint density at radius 2 is 1.68 bits per heavy atom. The molecule has 0 bridgehead atoms. The lowest BCUT2D eigenvalue weighted by Crippen LogP contribution is -2.22. The molecule has 0 spiro atoms. The van der Waals surface area contributed by atoms with Gasteiger partial charge in [0.2, 0.25) is 0 Å². The highest BCUT2D eigenvalue weighted by atomic mass is 16.5. The fourth-order valence-corrected chi connectivity index (χ4v) is 4.36. The summed E-state index contributed by atoms with van der Waals surface area (Å²) in [5, 5.41) is 20.8. The summed E-state index contributed by atoms with van der Waals surface area (Å²) in [6, 6.07) is 14.3. The van der Waals surface area contributed by atoms with Gasteiger partial charge in [-0.2, -0.15) is 0 Å². The maximum Gasteiger partial charge on any atom is 0.312 e. The van der Waals surface area contributed by atoms with Gasteiger partial charge in [0, 0.05) is 34.7 Å². The van der Waals surface area contributed by atoms with Gasteiger partial charge in [-0.15, -0.1) is 0 Å². The van der Waals surface area contributed by atoms with Crippen molar-refractivity contribution in [2.45, 2.75) is 12.3 Å². The minimum atomic E-state index is -0.543. The van der Waals surface area contributed by atoms with Gasteiger partial charge in [0.25, 0.3) is 0 Å². The molecule has 0 saturated heterocycles. The van der Waals surface area contributed by atoms with E-state index in [1.165, 1.54) is 32.4 Å². The Hall–Kier alpha value is -4.46. The Bertz CT molecular complexity index is 1500. The number of aromatic hydroxyl groups is 2. The van der Waals surface area contributed by atoms with Crippen LogP contribution in [0, 0.1) is 0 Å². The molecule has 1 atom stereocenters. The predicted octanol–water partition coefficient (Wildman–Crippen LogP) is 4.33. The summed E-state index contributed by atoms with van der Waals surface area (Å²) in [5.41, 5.74) is 1.20. The second kappa shape index (κ2) is 8.15. The third kappa shape index (κ3) is 3.40. The van der Waals surface area contributed by atoms with E-state index >= 15 is 0 Å². The second-order valence-corrected chi connectivity index (χ2v) is 7.85. The zero-order chi connectivity index (χ0) is 24.0. The summed E-state index contributed by atoms with van der Waals surface area (Å²) < 4.78 is 22.2. The molecule has 1 aromatic heterocycles. The van der Waals surface area contributed by atoms with Crippen molar-refractivity contribution in [2.24, 2.45) is 0 Å². The monoisotopic (exact) mass is 460 g/mol. The number of phenols is 2. The Morgan fingerprint density at radius 3 is 2.41 bits per heavy atom. The molecule has 0 saturated carbocycles. The van der Waals surface area contributed by atoms with E-state index in [4.69, 9.17) is 18.6 Å². The van der Waals surface area contributed by atoms with Crippen LogP contribution in [0.4, 0.5) is 0 Å². The number of fused-ring (bicyclic) bond motifs is 3. The van der Waals surface area contributed by atoms with Crippen molar-refractivity contribution >= 4 is 16.9 Å². The largest absolute Gasteiger partial charge is 0.507 e. The number of hydrogen-bond donors (Lipinski definition) is 2. The summed E-state index contributed by atoms with van der Waals surface area (Å²) >= 11 is 0. The van der Waals surface area contributed by atoms with Gasteiger partial charge < -0.3 is 28.8 Å². The van der Waals surface area contributed by atoms with Crippen molar-refractivity contribution < 1.29 is 33.6 Å². The first kappa shape index (κ1) is 21.4. The summed E-state index contributed by atoms with van der Waals surface area (Å²) in [7, 11) is 2.96. The molecule has 0 unspecified atom stereocenters. The molecule has 0 aliphatic carbocycles. The molecule has 1 aliphatic rings. The van der Waals surface area contributed by atoms with Gasteiger partial charge in [0.1, 0.15) is 34.0 Å². The van der Waals surface area contributed by atoms with Crippen LogP contribution in [0.15, 0.2) is 63.8 Å². The van der Waals surface area contributed by atoms with Crippen LogP contribution in [0.3, 0.4) is 0 Å². The third-order valence-corrected chi connectivity index (χ3v) is 5.90. The Kier molecular flexibility index (Phi) is 5.13. The maximum absolute atomic E-state index is 13.1. The molecule has 4 aromatic rings. The summed E-state index contributed by atoms with van der Waals surface area (Å²) in [6.45, 7) is 0. The summed E-state index contributed by atoms with van der Waals surface area (Å²) in [5.74, 6) is -0.410. The average Bonchev–Trinajstić information content (AvgIpc) is 2.82. The molecule has 172 valence electrons. The van der Waals surface area contributed by atoms with E-state index in [2.05, 4.69) is 0 Å². The lowest BCUT2D eigenvalue weighted by molar-refractivity contribution is -0.135. The molecular formula is C26H20O8. The minimum absolute atomic E-state index is 0.00941. The normalized spacial score (nSPS) is 15.0. The Labute approximate surface area is 193 Å². The van der Waals surface area contributed by atoms with Gasteiger partial charge >= 0.3 is 5.97 Å². The Morgan fingerprint density at radius 1 is 0.912 bits per heavy atom.